The van der Waals surface area contributed by atoms with Gasteiger partial charge in [-0.15, -0.1) is 0 Å². The van der Waals surface area contributed by atoms with Gasteiger partial charge in [0.25, 0.3) is 0 Å². The predicted octanol–water partition coefficient (Wildman–Crippen LogP) is 2.64. The van der Waals surface area contributed by atoms with Crippen LogP contribution in [0.5, 0.6) is 0 Å². The second kappa shape index (κ2) is 8.32. The molecular formula is C19H22N4O3S. The van der Waals surface area contributed by atoms with Crippen LogP contribution in [0.2, 0.25) is 0 Å². The Morgan fingerprint density at radius 1 is 1.07 bits per heavy atom. The van der Waals surface area contributed by atoms with Gasteiger partial charge in [0, 0.05) is 24.2 Å². The predicted molar refractivity (Wildman–Crippen MR) is 105 cm³/mol. The van der Waals surface area contributed by atoms with Crippen LogP contribution in [0.25, 0.3) is 5.65 Å². The second-order valence-electron chi connectivity index (χ2n) is 6.24. The first-order chi connectivity index (χ1) is 13.0. The first-order valence-corrected chi connectivity index (χ1v) is 9.60. The molecule has 1 unspecified atom stereocenters. The molecule has 2 heterocycles. The molecular weight excluding hydrogens is 364 g/mol. The fraction of sp³-hybridized carbons (Fsp3) is 0.263. The molecule has 0 aliphatic rings. The number of nitrogens with zero attached hydrogens (tertiary/aromatic N) is 4. The molecule has 3 aromatic rings. The number of pyridine rings is 1. The number of likely N-dealkylation sites (N-methyl/N-ethyl adjacent to an activating group) is 1. The lowest BCUT2D eigenvalue weighted by atomic mass is 10.4. The number of rotatable bonds is 6. The fourth-order valence-corrected chi connectivity index (χ4v) is 3.66. The van der Waals surface area contributed by atoms with Gasteiger partial charge in [0.15, 0.2) is 5.82 Å². The number of carbonyl (C=O) groups excluding carboxylic acids is 1. The maximum Gasteiger partial charge on any atom is 0.415 e. The molecule has 0 aliphatic carbocycles. The van der Waals surface area contributed by atoms with E-state index in [4.69, 9.17) is 4.74 Å². The number of hydrogen-bond donors (Lipinski definition) is 0. The number of anilines is 1. The summed E-state index contributed by atoms with van der Waals surface area (Å²) in [5, 5.41) is 0. The highest BCUT2D eigenvalue weighted by Crippen LogP contribution is 2.20. The summed E-state index contributed by atoms with van der Waals surface area (Å²) in [6.45, 7) is 1.12. The second-order valence-corrected chi connectivity index (χ2v) is 7.72. The smallest absolute Gasteiger partial charge is 0.415 e. The van der Waals surface area contributed by atoms with Crippen molar-refractivity contribution in [1.82, 2.24) is 14.3 Å². The molecule has 0 saturated heterocycles. The minimum atomic E-state index is -1.28. The fourth-order valence-electron chi connectivity index (χ4n) is 2.59. The molecule has 0 spiro atoms. The van der Waals surface area contributed by atoms with Crippen molar-refractivity contribution in [2.45, 2.75) is 9.79 Å². The van der Waals surface area contributed by atoms with E-state index in [-0.39, 0.29) is 0 Å². The summed E-state index contributed by atoms with van der Waals surface area (Å²) >= 11 is 0. The van der Waals surface area contributed by atoms with Crippen LogP contribution in [0, 0.1) is 0 Å². The molecule has 0 saturated carbocycles. The van der Waals surface area contributed by atoms with Crippen molar-refractivity contribution in [1.29, 1.82) is 0 Å². The molecule has 0 N–H and O–H groups in total. The lowest BCUT2D eigenvalue weighted by molar-refractivity contribution is 0.177. The zero-order valence-corrected chi connectivity index (χ0v) is 16.3. The van der Waals surface area contributed by atoms with E-state index >= 15 is 0 Å². The van der Waals surface area contributed by atoms with Gasteiger partial charge in [-0.05, 0) is 38.4 Å². The largest absolute Gasteiger partial charge is 0.452 e. The van der Waals surface area contributed by atoms with Crippen LogP contribution in [-0.2, 0) is 15.5 Å². The Balaban J connectivity index is 1.92. The van der Waals surface area contributed by atoms with Crippen molar-refractivity contribution in [3.8, 4) is 0 Å². The number of methoxy groups -OCH3 is 1. The van der Waals surface area contributed by atoms with Gasteiger partial charge in [0.1, 0.15) is 5.65 Å². The average Bonchev–Trinajstić information content (AvgIpc) is 3.10. The molecule has 3 rings (SSSR count). The Morgan fingerprint density at radius 3 is 2.48 bits per heavy atom. The number of benzene rings is 1. The van der Waals surface area contributed by atoms with Crippen LogP contribution < -0.4 is 4.90 Å². The first kappa shape index (κ1) is 19.1. The van der Waals surface area contributed by atoms with Crippen LogP contribution in [0.4, 0.5) is 10.6 Å². The minimum absolute atomic E-state index is 0.451. The van der Waals surface area contributed by atoms with E-state index in [1.54, 1.807) is 28.9 Å². The molecule has 142 valence electrons. The molecule has 27 heavy (non-hydrogen) atoms. The summed E-state index contributed by atoms with van der Waals surface area (Å²) in [6, 6.07) is 12.9. The third-order valence-electron chi connectivity index (χ3n) is 4.02. The van der Waals surface area contributed by atoms with Crippen molar-refractivity contribution < 1.29 is 13.7 Å². The summed E-state index contributed by atoms with van der Waals surface area (Å²) in [4.78, 5) is 21.5. The number of aromatic nitrogens is 2. The van der Waals surface area contributed by atoms with Crippen molar-refractivity contribution in [2.24, 2.45) is 0 Å². The maximum absolute atomic E-state index is 12.7. The van der Waals surface area contributed by atoms with Crippen molar-refractivity contribution >= 4 is 28.4 Å². The van der Waals surface area contributed by atoms with E-state index in [9.17, 15) is 9.00 Å². The van der Waals surface area contributed by atoms with Crippen molar-refractivity contribution in [3.63, 3.8) is 0 Å². The van der Waals surface area contributed by atoms with E-state index in [2.05, 4.69) is 4.98 Å². The van der Waals surface area contributed by atoms with E-state index in [0.29, 0.717) is 29.5 Å². The SMILES string of the molecule is COC(=O)N(CCN(C)C)c1cn2cc(S(=O)c3ccccc3)ccc2n1. The van der Waals surface area contributed by atoms with Crippen LogP contribution in [0.1, 0.15) is 0 Å². The zero-order chi connectivity index (χ0) is 19.4. The highest BCUT2D eigenvalue weighted by atomic mass is 32.2. The molecule has 7 nitrogen and oxygen atoms in total. The summed E-state index contributed by atoms with van der Waals surface area (Å²) in [5.41, 5.74) is 0.664. The number of hydrogen-bond acceptors (Lipinski definition) is 5. The highest BCUT2D eigenvalue weighted by Gasteiger charge is 2.20. The van der Waals surface area contributed by atoms with E-state index in [1.165, 1.54) is 12.0 Å². The van der Waals surface area contributed by atoms with Gasteiger partial charge < -0.3 is 14.0 Å². The zero-order valence-electron chi connectivity index (χ0n) is 15.5. The molecule has 0 aliphatic heterocycles. The number of carbonyl (C=O) groups is 1. The average molecular weight is 386 g/mol. The molecule has 0 fully saturated rings. The Hall–Kier alpha value is -2.71. The third-order valence-corrected chi connectivity index (χ3v) is 5.39. The quantitative estimate of drug-likeness (QED) is 0.652. The molecule has 1 amide bonds. The first-order valence-electron chi connectivity index (χ1n) is 8.45. The summed E-state index contributed by atoms with van der Waals surface area (Å²) in [7, 11) is 3.93. The van der Waals surface area contributed by atoms with Crippen molar-refractivity contribution in [2.75, 3.05) is 39.2 Å². The highest BCUT2D eigenvalue weighted by molar-refractivity contribution is 7.85. The van der Waals surface area contributed by atoms with E-state index in [0.717, 1.165) is 4.90 Å². The lowest BCUT2D eigenvalue weighted by Gasteiger charge is -2.20. The van der Waals surface area contributed by atoms with E-state index in [1.807, 2.05) is 49.3 Å². The Kier molecular flexibility index (Phi) is 5.88. The number of imidazole rings is 1. The van der Waals surface area contributed by atoms with Crippen LogP contribution in [0.15, 0.2) is 64.6 Å². The Morgan fingerprint density at radius 2 is 1.81 bits per heavy atom. The minimum Gasteiger partial charge on any atom is -0.452 e. The van der Waals surface area contributed by atoms with Gasteiger partial charge in [0.05, 0.1) is 29.0 Å². The van der Waals surface area contributed by atoms with Gasteiger partial charge in [-0.25, -0.2) is 14.0 Å². The lowest BCUT2D eigenvalue weighted by Crippen LogP contribution is -2.36. The van der Waals surface area contributed by atoms with Gasteiger partial charge in [0.2, 0.25) is 0 Å². The number of fused-ring (bicyclic) bond motifs is 1. The maximum atomic E-state index is 12.7. The van der Waals surface area contributed by atoms with Crippen molar-refractivity contribution in [3.05, 3.63) is 54.9 Å². The Labute approximate surface area is 160 Å². The van der Waals surface area contributed by atoms with Crippen LogP contribution in [-0.4, -0.2) is 58.9 Å². The van der Waals surface area contributed by atoms with Crippen LogP contribution >= 0.6 is 0 Å². The molecule has 0 bridgehead atoms. The van der Waals surface area contributed by atoms with Crippen LogP contribution in [0.3, 0.4) is 0 Å². The monoisotopic (exact) mass is 386 g/mol. The third kappa shape index (κ3) is 4.35. The van der Waals surface area contributed by atoms with Gasteiger partial charge in [-0.2, -0.15) is 0 Å². The normalized spacial score (nSPS) is 12.3. The molecule has 0 radical (unpaired) electrons. The summed E-state index contributed by atoms with van der Waals surface area (Å²) in [5.74, 6) is 0.492. The standard InChI is InChI=1S/C19H22N4O3S/c1-21(2)11-12-23(19(24)26-3)18-14-22-13-16(9-10-17(22)20-18)27(25)15-7-5-4-6-8-15/h4-10,13-14H,11-12H2,1-3H3. The summed E-state index contributed by atoms with van der Waals surface area (Å²) < 4.78 is 19.4. The molecule has 8 heteroatoms. The molecule has 2 aromatic heterocycles. The van der Waals surface area contributed by atoms with E-state index < -0.39 is 16.9 Å². The topological polar surface area (TPSA) is 67.2 Å². The number of ether oxygens (including phenoxy) is 1. The van der Waals surface area contributed by atoms with Gasteiger partial charge in [-0.1, -0.05) is 18.2 Å². The molecule has 1 atom stereocenters. The Bertz CT molecular complexity index is 956. The molecule has 1 aromatic carbocycles. The summed E-state index contributed by atoms with van der Waals surface area (Å²) in [6.07, 6.45) is 3.05. The van der Waals surface area contributed by atoms with Gasteiger partial charge >= 0.3 is 6.09 Å². The number of amides is 1. The van der Waals surface area contributed by atoms with Gasteiger partial charge in [-0.3, -0.25) is 4.90 Å².